The molecule has 1 nitrogen and oxygen atoms in total. The van der Waals surface area contributed by atoms with Gasteiger partial charge in [0.05, 0.1) is 3.79 Å². The number of unbranched alkanes of at least 4 members (excludes halogenated alkanes) is 2. The molecular weight excluding hydrogens is 282 g/mol. The molecule has 1 unspecified atom stereocenters. The molecule has 92 valence electrons. The van der Waals surface area contributed by atoms with Gasteiger partial charge in [-0.1, -0.05) is 33.1 Å². The van der Waals surface area contributed by atoms with E-state index in [4.69, 9.17) is 0 Å². The second-order valence-electron chi connectivity index (χ2n) is 4.16. The van der Waals surface area contributed by atoms with Crippen LogP contribution in [0.1, 0.15) is 44.4 Å². The summed E-state index contributed by atoms with van der Waals surface area (Å²) < 4.78 is 1.24. The van der Waals surface area contributed by atoms with E-state index in [1.54, 1.807) is 0 Å². The average Bonchev–Trinajstić information content (AvgIpc) is 2.65. The maximum absolute atomic E-state index is 3.59. The summed E-state index contributed by atoms with van der Waals surface area (Å²) in [5, 5.41) is 3.59. The first-order chi connectivity index (χ1) is 7.76. The maximum Gasteiger partial charge on any atom is 0.0701 e. The van der Waals surface area contributed by atoms with Gasteiger partial charge in [-0.2, -0.15) is 0 Å². The Labute approximate surface area is 112 Å². The van der Waals surface area contributed by atoms with Crippen molar-refractivity contribution >= 4 is 27.3 Å². The SMILES string of the molecule is CCCCCC(Cc1ccc(Br)s1)NCC. The number of likely N-dealkylation sites (N-methyl/N-ethyl adjacent to an activating group) is 1. The summed E-state index contributed by atoms with van der Waals surface area (Å²) in [4.78, 5) is 1.48. The zero-order valence-electron chi connectivity index (χ0n) is 10.3. The molecule has 0 aliphatic rings. The second kappa shape index (κ2) is 8.26. The molecule has 16 heavy (non-hydrogen) atoms. The molecule has 1 heterocycles. The molecule has 1 rings (SSSR count). The third kappa shape index (κ3) is 5.46. The summed E-state index contributed by atoms with van der Waals surface area (Å²) >= 11 is 5.38. The van der Waals surface area contributed by atoms with Gasteiger partial charge >= 0.3 is 0 Å². The van der Waals surface area contributed by atoms with Crippen molar-refractivity contribution in [2.24, 2.45) is 0 Å². The van der Waals surface area contributed by atoms with Crippen LogP contribution in [0.25, 0.3) is 0 Å². The topological polar surface area (TPSA) is 12.0 Å². The van der Waals surface area contributed by atoms with Crippen LogP contribution in [0.2, 0.25) is 0 Å². The maximum atomic E-state index is 3.59. The van der Waals surface area contributed by atoms with Crippen molar-refractivity contribution in [1.29, 1.82) is 0 Å². The summed E-state index contributed by atoms with van der Waals surface area (Å²) in [7, 11) is 0. The highest BCUT2D eigenvalue weighted by molar-refractivity contribution is 9.11. The fourth-order valence-corrected chi connectivity index (χ4v) is 3.47. The van der Waals surface area contributed by atoms with E-state index in [2.05, 4.69) is 47.2 Å². The Hall–Kier alpha value is 0.140. The minimum Gasteiger partial charge on any atom is -0.314 e. The van der Waals surface area contributed by atoms with E-state index in [1.165, 1.54) is 40.8 Å². The van der Waals surface area contributed by atoms with Gasteiger partial charge in [-0.05, 0) is 47.4 Å². The van der Waals surface area contributed by atoms with Crippen molar-refractivity contribution in [3.63, 3.8) is 0 Å². The summed E-state index contributed by atoms with van der Waals surface area (Å²) in [6.45, 7) is 5.53. The number of nitrogens with one attached hydrogen (secondary N) is 1. The molecule has 1 aromatic rings. The Morgan fingerprint density at radius 2 is 2.12 bits per heavy atom. The zero-order valence-corrected chi connectivity index (χ0v) is 12.7. The predicted molar refractivity (Wildman–Crippen MR) is 77.3 cm³/mol. The van der Waals surface area contributed by atoms with Crippen LogP contribution in [0.4, 0.5) is 0 Å². The number of rotatable bonds is 8. The molecule has 0 aliphatic heterocycles. The van der Waals surface area contributed by atoms with E-state index in [9.17, 15) is 0 Å². The van der Waals surface area contributed by atoms with Crippen molar-refractivity contribution in [2.75, 3.05) is 6.54 Å². The lowest BCUT2D eigenvalue weighted by molar-refractivity contribution is 0.469. The minimum absolute atomic E-state index is 0.655. The number of hydrogen-bond donors (Lipinski definition) is 1. The normalized spacial score (nSPS) is 12.9. The Morgan fingerprint density at radius 1 is 1.31 bits per heavy atom. The summed E-state index contributed by atoms with van der Waals surface area (Å²) in [5.74, 6) is 0. The quantitative estimate of drug-likeness (QED) is 0.691. The fourth-order valence-electron chi connectivity index (χ4n) is 1.91. The smallest absolute Gasteiger partial charge is 0.0701 e. The Kier molecular flexibility index (Phi) is 7.33. The Bertz CT molecular complexity index is 285. The average molecular weight is 304 g/mol. The van der Waals surface area contributed by atoms with Gasteiger partial charge in [0, 0.05) is 10.9 Å². The molecule has 1 N–H and O–H groups in total. The van der Waals surface area contributed by atoms with Crippen LogP contribution in [0, 0.1) is 0 Å². The van der Waals surface area contributed by atoms with Gasteiger partial charge < -0.3 is 5.32 Å². The van der Waals surface area contributed by atoms with E-state index >= 15 is 0 Å². The van der Waals surface area contributed by atoms with Gasteiger partial charge in [-0.15, -0.1) is 11.3 Å². The minimum atomic E-state index is 0.655. The molecule has 3 heteroatoms. The van der Waals surface area contributed by atoms with Crippen LogP contribution in [0.3, 0.4) is 0 Å². The van der Waals surface area contributed by atoms with Crippen molar-refractivity contribution in [1.82, 2.24) is 5.32 Å². The lowest BCUT2D eigenvalue weighted by atomic mass is 10.0. The molecular formula is C13H22BrNS. The van der Waals surface area contributed by atoms with Gasteiger partial charge in [-0.3, -0.25) is 0 Å². The zero-order chi connectivity index (χ0) is 11.8. The number of hydrogen-bond acceptors (Lipinski definition) is 2. The van der Waals surface area contributed by atoms with Gasteiger partial charge in [0.1, 0.15) is 0 Å². The van der Waals surface area contributed by atoms with Gasteiger partial charge in [0.2, 0.25) is 0 Å². The van der Waals surface area contributed by atoms with E-state index in [-0.39, 0.29) is 0 Å². The summed E-state index contributed by atoms with van der Waals surface area (Å²) in [6.07, 6.45) is 6.49. The summed E-state index contributed by atoms with van der Waals surface area (Å²) in [6, 6.07) is 5.04. The largest absolute Gasteiger partial charge is 0.314 e. The highest BCUT2D eigenvalue weighted by Gasteiger charge is 2.09. The first-order valence-electron chi connectivity index (χ1n) is 6.23. The summed E-state index contributed by atoms with van der Waals surface area (Å²) in [5.41, 5.74) is 0. The van der Waals surface area contributed by atoms with E-state index in [0.29, 0.717) is 6.04 Å². The van der Waals surface area contributed by atoms with Crippen molar-refractivity contribution in [2.45, 2.75) is 52.0 Å². The number of halogens is 1. The monoisotopic (exact) mass is 303 g/mol. The molecule has 0 saturated carbocycles. The van der Waals surface area contributed by atoms with Crippen LogP contribution in [-0.4, -0.2) is 12.6 Å². The molecule has 0 amide bonds. The van der Waals surface area contributed by atoms with E-state index in [1.807, 2.05) is 11.3 Å². The highest BCUT2D eigenvalue weighted by Crippen LogP contribution is 2.24. The lowest BCUT2D eigenvalue weighted by Crippen LogP contribution is -2.30. The predicted octanol–water partition coefficient (Wildman–Crippen LogP) is 4.61. The van der Waals surface area contributed by atoms with Crippen LogP contribution >= 0.6 is 27.3 Å². The van der Waals surface area contributed by atoms with Crippen LogP contribution < -0.4 is 5.32 Å². The molecule has 1 atom stereocenters. The first-order valence-corrected chi connectivity index (χ1v) is 7.84. The number of thiophene rings is 1. The first kappa shape index (κ1) is 14.2. The Morgan fingerprint density at radius 3 is 2.69 bits per heavy atom. The highest BCUT2D eigenvalue weighted by atomic mass is 79.9. The van der Waals surface area contributed by atoms with Gasteiger partial charge in [0.15, 0.2) is 0 Å². The molecule has 0 spiro atoms. The molecule has 0 bridgehead atoms. The van der Waals surface area contributed by atoms with Crippen LogP contribution in [0.5, 0.6) is 0 Å². The van der Waals surface area contributed by atoms with Crippen molar-refractivity contribution in [3.05, 3.63) is 20.8 Å². The fraction of sp³-hybridized carbons (Fsp3) is 0.692. The van der Waals surface area contributed by atoms with Crippen molar-refractivity contribution < 1.29 is 0 Å². The van der Waals surface area contributed by atoms with Crippen LogP contribution in [-0.2, 0) is 6.42 Å². The molecule has 0 aromatic carbocycles. The third-order valence-electron chi connectivity index (χ3n) is 2.73. The second-order valence-corrected chi connectivity index (χ2v) is 6.71. The third-order valence-corrected chi connectivity index (χ3v) is 4.37. The lowest BCUT2D eigenvalue weighted by Gasteiger charge is -2.16. The standard InChI is InChI=1S/C13H22BrNS/c1-3-5-6-7-11(15-4-2)10-12-8-9-13(14)16-12/h8-9,11,15H,3-7,10H2,1-2H3. The molecule has 0 saturated heterocycles. The van der Waals surface area contributed by atoms with Gasteiger partial charge in [0.25, 0.3) is 0 Å². The van der Waals surface area contributed by atoms with Crippen molar-refractivity contribution in [3.8, 4) is 0 Å². The van der Waals surface area contributed by atoms with E-state index < -0.39 is 0 Å². The molecule has 0 radical (unpaired) electrons. The Balaban J connectivity index is 2.37. The molecule has 1 aromatic heterocycles. The molecule has 0 aliphatic carbocycles. The van der Waals surface area contributed by atoms with Crippen LogP contribution in [0.15, 0.2) is 15.9 Å². The molecule has 0 fully saturated rings. The van der Waals surface area contributed by atoms with E-state index in [0.717, 1.165) is 6.54 Å². The van der Waals surface area contributed by atoms with Gasteiger partial charge in [-0.25, -0.2) is 0 Å².